The molecule has 88 valence electrons. The molecular formula is C13H10I2O2. The minimum absolute atomic E-state index is 0.285. The first kappa shape index (κ1) is 12.9. The van der Waals surface area contributed by atoms with Gasteiger partial charge in [0.15, 0.2) is 0 Å². The van der Waals surface area contributed by atoms with Crippen LogP contribution < -0.4 is 4.74 Å². The Morgan fingerprint density at radius 3 is 2.59 bits per heavy atom. The highest BCUT2D eigenvalue weighted by molar-refractivity contribution is 14.1. The van der Waals surface area contributed by atoms with Crippen molar-refractivity contribution in [2.75, 3.05) is 0 Å². The molecule has 0 spiro atoms. The van der Waals surface area contributed by atoms with Gasteiger partial charge in [0.1, 0.15) is 18.1 Å². The Balaban J connectivity index is 2.07. The van der Waals surface area contributed by atoms with Crippen molar-refractivity contribution >= 4 is 45.2 Å². The fourth-order valence-corrected chi connectivity index (χ4v) is 2.54. The molecule has 0 radical (unpaired) electrons. The van der Waals surface area contributed by atoms with E-state index >= 15 is 0 Å². The first-order chi connectivity index (χ1) is 8.15. The van der Waals surface area contributed by atoms with Gasteiger partial charge in [-0.25, -0.2) is 0 Å². The van der Waals surface area contributed by atoms with Gasteiger partial charge in [-0.2, -0.15) is 0 Å². The SMILES string of the molecule is Oc1ccc(COc2cccc(I)c2)c(I)c1. The molecule has 0 atom stereocenters. The van der Waals surface area contributed by atoms with E-state index in [4.69, 9.17) is 4.74 Å². The van der Waals surface area contributed by atoms with Crippen molar-refractivity contribution in [2.24, 2.45) is 0 Å². The van der Waals surface area contributed by atoms with Gasteiger partial charge in [0, 0.05) is 12.7 Å². The first-order valence-corrected chi connectivity index (χ1v) is 7.16. The topological polar surface area (TPSA) is 29.5 Å². The molecule has 17 heavy (non-hydrogen) atoms. The van der Waals surface area contributed by atoms with Crippen LogP contribution in [0.5, 0.6) is 11.5 Å². The van der Waals surface area contributed by atoms with Crippen LogP contribution in [0.1, 0.15) is 5.56 Å². The number of rotatable bonds is 3. The van der Waals surface area contributed by atoms with Gasteiger partial charge in [-0.15, -0.1) is 0 Å². The van der Waals surface area contributed by atoms with E-state index in [1.165, 1.54) is 0 Å². The highest BCUT2D eigenvalue weighted by atomic mass is 127. The number of phenolic OH excluding ortho intramolecular Hbond substituents is 1. The monoisotopic (exact) mass is 452 g/mol. The maximum Gasteiger partial charge on any atom is 0.120 e. The van der Waals surface area contributed by atoms with Gasteiger partial charge in [-0.1, -0.05) is 12.1 Å². The lowest BCUT2D eigenvalue weighted by atomic mass is 10.2. The van der Waals surface area contributed by atoms with E-state index in [0.717, 1.165) is 18.5 Å². The molecule has 0 heterocycles. The number of hydrogen-bond acceptors (Lipinski definition) is 2. The highest BCUT2D eigenvalue weighted by Crippen LogP contribution is 2.21. The number of ether oxygens (including phenoxy) is 1. The summed E-state index contributed by atoms with van der Waals surface area (Å²) >= 11 is 4.45. The van der Waals surface area contributed by atoms with E-state index in [1.54, 1.807) is 12.1 Å². The summed E-state index contributed by atoms with van der Waals surface area (Å²) in [5.74, 6) is 1.15. The van der Waals surface area contributed by atoms with Gasteiger partial charge >= 0.3 is 0 Å². The number of benzene rings is 2. The van der Waals surface area contributed by atoms with Crippen LogP contribution in [-0.4, -0.2) is 5.11 Å². The summed E-state index contributed by atoms with van der Waals surface area (Å²) in [6.45, 7) is 0.513. The van der Waals surface area contributed by atoms with Crippen molar-refractivity contribution < 1.29 is 9.84 Å². The van der Waals surface area contributed by atoms with E-state index in [2.05, 4.69) is 45.2 Å². The zero-order chi connectivity index (χ0) is 12.3. The first-order valence-electron chi connectivity index (χ1n) is 5.01. The summed E-state index contributed by atoms with van der Waals surface area (Å²) in [6.07, 6.45) is 0. The quantitative estimate of drug-likeness (QED) is 0.709. The molecule has 0 saturated heterocycles. The number of hydrogen-bond donors (Lipinski definition) is 1. The summed E-state index contributed by atoms with van der Waals surface area (Å²) in [5, 5.41) is 9.31. The molecule has 0 aliphatic heterocycles. The van der Waals surface area contributed by atoms with Gasteiger partial charge in [-0.3, -0.25) is 0 Å². The van der Waals surface area contributed by atoms with E-state index in [-0.39, 0.29) is 5.75 Å². The van der Waals surface area contributed by atoms with Crippen LogP contribution in [0.4, 0.5) is 0 Å². The molecular weight excluding hydrogens is 442 g/mol. The van der Waals surface area contributed by atoms with E-state index in [9.17, 15) is 5.11 Å². The molecule has 0 fully saturated rings. The minimum atomic E-state index is 0.285. The summed E-state index contributed by atoms with van der Waals surface area (Å²) < 4.78 is 7.86. The van der Waals surface area contributed by atoms with Crippen LogP contribution >= 0.6 is 45.2 Å². The van der Waals surface area contributed by atoms with Gasteiger partial charge in [-0.05, 0) is 75.5 Å². The number of halogens is 2. The van der Waals surface area contributed by atoms with E-state index in [1.807, 2.05) is 30.3 Å². The standard InChI is InChI=1S/C13H10I2O2/c14-10-2-1-3-12(6-10)17-8-9-4-5-11(16)7-13(9)15/h1-7,16H,8H2. The van der Waals surface area contributed by atoms with Crippen LogP contribution in [0.15, 0.2) is 42.5 Å². The van der Waals surface area contributed by atoms with Crippen molar-refractivity contribution in [1.82, 2.24) is 0 Å². The van der Waals surface area contributed by atoms with Gasteiger partial charge in [0.2, 0.25) is 0 Å². The molecule has 2 nitrogen and oxygen atoms in total. The second-order valence-electron chi connectivity index (χ2n) is 3.52. The molecule has 0 unspecified atom stereocenters. The lowest BCUT2D eigenvalue weighted by Crippen LogP contribution is -1.97. The van der Waals surface area contributed by atoms with Gasteiger partial charge in [0.25, 0.3) is 0 Å². The summed E-state index contributed by atoms with van der Waals surface area (Å²) in [4.78, 5) is 0. The van der Waals surface area contributed by atoms with E-state index < -0.39 is 0 Å². The molecule has 0 saturated carbocycles. The zero-order valence-corrected chi connectivity index (χ0v) is 13.2. The molecule has 2 rings (SSSR count). The Hall–Kier alpha value is -0.500. The van der Waals surface area contributed by atoms with Crippen LogP contribution in [-0.2, 0) is 6.61 Å². The average molecular weight is 452 g/mol. The van der Waals surface area contributed by atoms with Crippen molar-refractivity contribution in [3.63, 3.8) is 0 Å². The predicted octanol–water partition coefficient (Wildman–Crippen LogP) is 4.18. The summed E-state index contributed by atoms with van der Waals surface area (Å²) in [6, 6.07) is 13.2. The van der Waals surface area contributed by atoms with E-state index in [0.29, 0.717) is 6.61 Å². The molecule has 0 aromatic heterocycles. The Morgan fingerprint density at radius 1 is 1.06 bits per heavy atom. The molecule has 2 aromatic carbocycles. The fraction of sp³-hybridized carbons (Fsp3) is 0.0769. The third-order valence-corrected chi connectivity index (χ3v) is 3.90. The predicted molar refractivity (Wildman–Crippen MR) is 84.3 cm³/mol. The van der Waals surface area contributed by atoms with Crippen molar-refractivity contribution in [3.8, 4) is 11.5 Å². The molecule has 0 aliphatic rings. The minimum Gasteiger partial charge on any atom is -0.508 e. The van der Waals surface area contributed by atoms with Crippen LogP contribution in [0.25, 0.3) is 0 Å². The lowest BCUT2D eigenvalue weighted by molar-refractivity contribution is 0.305. The Labute approximate surface area is 127 Å². The second-order valence-corrected chi connectivity index (χ2v) is 5.93. The van der Waals surface area contributed by atoms with Crippen molar-refractivity contribution in [1.29, 1.82) is 0 Å². The Morgan fingerprint density at radius 2 is 1.88 bits per heavy atom. The van der Waals surface area contributed by atoms with Crippen LogP contribution in [0, 0.1) is 7.14 Å². The maximum absolute atomic E-state index is 9.31. The molecule has 4 heteroatoms. The Bertz CT molecular complexity index is 527. The van der Waals surface area contributed by atoms with Crippen molar-refractivity contribution in [3.05, 3.63) is 55.2 Å². The normalized spacial score (nSPS) is 10.2. The third-order valence-electron chi connectivity index (χ3n) is 2.23. The van der Waals surface area contributed by atoms with Gasteiger partial charge < -0.3 is 9.84 Å². The largest absolute Gasteiger partial charge is 0.508 e. The van der Waals surface area contributed by atoms with Crippen LogP contribution in [0.3, 0.4) is 0 Å². The second kappa shape index (κ2) is 5.90. The summed E-state index contributed by atoms with van der Waals surface area (Å²) in [7, 11) is 0. The third kappa shape index (κ3) is 3.74. The highest BCUT2D eigenvalue weighted by Gasteiger charge is 2.02. The number of aromatic hydroxyl groups is 1. The number of phenols is 1. The average Bonchev–Trinajstić information content (AvgIpc) is 2.28. The molecule has 2 aromatic rings. The van der Waals surface area contributed by atoms with Crippen molar-refractivity contribution in [2.45, 2.75) is 6.61 Å². The lowest BCUT2D eigenvalue weighted by Gasteiger charge is -2.08. The molecule has 0 aliphatic carbocycles. The zero-order valence-electron chi connectivity index (χ0n) is 8.86. The Kier molecular flexibility index (Phi) is 4.49. The molecule has 1 N–H and O–H groups in total. The maximum atomic E-state index is 9.31. The molecule has 0 amide bonds. The fourth-order valence-electron chi connectivity index (χ4n) is 1.37. The summed E-state index contributed by atoms with van der Waals surface area (Å²) in [5.41, 5.74) is 1.07. The molecule has 0 bridgehead atoms. The van der Waals surface area contributed by atoms with Gasteiger partial charge in [0.05, 0.1) is 0 Å². The van der Waals surface area contributed by atoms with Crippen LogP contribution in [0.2, 0.25) is 0 Å². The smallest absolute Gasteiger partial charge is 0.120 e.